The fourth-order valence-electron chi connectivity index (χ4n) is 2.31. The monoisotopic (exact) mass is 336 g/mol. The molecular weight excluding hydrogens is 317 g/mol. The van der Waals surface area contributed by atoms with E-state index in [1.54, 1.807) is 24.3 Å². The molecule has 1 N–H and O–H groups in total. The van der Waals surface area contributed by atoms with Crippen LogP contribution in [0.4, 0.5) is 13.2 Å². The highest BCUT2D eigenvalue weighted by molar-refractivity contribution is 5.22. The number of ether oxygens (including phenoxy) is 1. The molecule has 2 aromatic carbocycles. The Balaban J connectivity index is 2.26. The predicted octanol–water partition coefficient (Wildman–Crippen LogP) is 4.66. The number of hydrogen-bond donors (Lipinski definition) is 1. The average molecular weight is 336 g/mol. The Labute approximate surface area is 139 Å². The molecule has 2 aromatic rings. The van der Waals surface area contributed by atoms with Crippen LogP contribution in [0.15, 0.2) is 67.3 Å². The standard InChI is InChI=1S/C19H19F3O2/c1-2-6-17(23)19(21,22)18(15-9-11-16(20)12-10-15)24-13-14-7-4-3-5-8-14/h2-5,7-12,17-18,23H,1,6,13H2/t17-,18+/m0/s1. The second-order valence-corrected chi connectivity index (χ2v) is 5.44. The van der Waals surface area contributed by atoms with Crippen molar-refractivity contribution in [3.05, 3.63) is 84.2 Å². The van der Waals surface area contributed by atoms with E-state index in [1.807, 2.05) is 6.07 Å². The van der Waals surface area contributed by atoms with Gasteiger partial charge in [0.25, 0.3) is 0 Å². The maximum Gasteiger partial charge on any atom is 0.303 e. The van der Waals surface area contributed by atoms with Crippen LogP contribution in [0, 0.1) is 5.82 Å². The van der Waals surface area contributed by atoms with Crippen LogP contribution in [0.1, 0.15) is 23.7 Å². The molecule has 0 aliphatic heterocycles. The summed E-state index contributed by atoms with van der Waals surface area (Å²) in [6, 6.07) is 13.5. The minimum Gasteiger partial charge on any atom is -0.386 e. The molecule has 0 spiro atoms. The van der Waals surface area contributed by atoms with Gasteiger partial charge in [-0.15, -0.1) is 6.58 Å². The third kappa shape index (κ3) is 4.46. The summed E-state index contributed by atoms with van der Waals surface area (Å²) in [5.41, 5.74) is 0.819. The average Bonchev–Trinajstić information content (AvgIpc) is 2.57. The summed E-state index contributed by atoms with van der Waals surface area (Å²) >= 11 is 0. The number of aliphatic hydroxyl groups excluding tert-OH is 1. The SMILES string of the molecule is C=CC[C@H](O)C(F)(F)[C@H](OCc1ccccc1)c1ccc(F)cc1. The van der Waals surface area contributed by atoms with Crippen LogP contribution < -0.4 is 0 Å². The lowest BCUT2D eigenvalue weighted by Gasteiger charge is -2.30. The van der Waals surface area contributed by atoms with Crippen molar-refractivity contribution in [1.82, 2.24) is 0 Å². The summed E-state index contributed by atoms with van der Waals surface area (Å²) in [5, 5.41) is 9.79. The molecule has 0 bridgehead atoms. The minimum absolute atomic E-state index is 0.0563. The quantitative estimate of drug-likeness (QED) is 0.711. The molecule has 2 rings (SSSR count). The highest BCUT2D eigenvalue weighted by Gasteiger charge is 2.47. The van der Waals surface area contributed by atoms with Crippen molar-refractivity contribution in [3.63, 3.8) is 0 Å². The maximum absolute atomic E-state index is 14.6. The van der Waals surface area contributed by atoms with Crippen molar-refractivity contribution in [2.45, 2.75) is 31.2 Å². The Morgan fingerprint density at radius 1 is 1.08 bits per heavy atom. The molecule has 5 heteroatoms. The molecule has 0 fully saturated rings. The maximum atomic E-state index is 14.6. The van der Waals surface area contributed by atoms with Crippen molar-refractivity contribution >= 4 is 0 Å². The van der Waals surface area contributed by atoms with Gasteiger partial charge in [-0.05, 0) is 29.7 Å². The van der Waals surface area contributed by atoms with E-state index in [4.69, 9.17) is 4.74 Å². The molecule has 0 saturated heterocycles. The Morgan fingerprint density at radius 3 is 2.29 bits per heavy atom. The zero-order valence-corrected chi connectivity index (χ0v) is 13.0. The number of hydrogen-bond acceptors (Lipinski definition) is 2. The van der Waals surface area contributed by atoms with E-state index in [0.717, 1.165) is 17.7 Å². The van der Waals surface area contributed by atoms with E-state index in [2.05, 4.69) is 6.58 Å². The van der Waals surface area contributed by atoms with Crippen molar-refractivity contribution < 1.29 is 23.0 Å². The van der Waals surface area contributed by atoms with Gasteiger partial charge in [-0.3, -0.25) is 0 Å². The summed E-state index contributed by atoms with van der Waals surface area (Å²) in [5.74, 6) is -4.09. The molecule has 2 atom stereocenters. The first-order chi connectivity index (χ1) is 11.4. The normalized spacial score (nSPS) is 14.2. The second-order valence-electron chi connectivity index (χ2n) is 5.44. The van der Waals surface area contributed by atoms with Gasteiger partial charge >= 0.3 is 5.92 Å². The van der Waals surface area contributed by atoms with Gasteiger partial charge in [-0.25, -0.2) is 13.2 Å². The van der Waals surface area contributed by atoms with Crippen LogP contribution in [-0.4, -0.2) is 17.1 Å². The van der Waals surface area contributed by atoms with Crippen molar-refractivity contribution in [1.29, 1.82) is 0 Å². The number of halogens is 3. The molecule has 2 nitrogen and oxygen atoms in total. The molecule has 0 aliphatic carbocycles. The number of benzene rings is 2. The van der Waals surface area contributed by atoms with Gasteiger partial charge in [0.2, 0.25) is 0 Å². The third-order valence-electron chi connectivity index (χ3n) is 3.62. The van der Waals surface area contributed by atoms with Gasteiger partial charge in [0, 0.05) is 0 Å². The lowest BCUT2D eigenvalue weighted by Crippen LogP contribution is -2.40. The van der Waals surface area contributed by atoms with Gasteiger partial charge in [0.05, 0.1) is 6.61 Å². The fraction of sp³-hybridized carbons (Fsp3) is 0.263. The Morgan fingerprint density at radius 2 is 1.71 bits per heavy atom. The lowest BCUT2D eigenvalue weighted by atomic mass is 9.97. The van der Waals surface area contributed by atoms with Crippen molar-refractivity contribution in [2.24, 2.45) is 0 Å². The molecule has 128 valence electrons. The number of aliphatic hydroxyl groups is 1. The van der Waals surface area contributed by atoms with E-state index >= 15 is 0 Å². The molecule has 24 heavy (non-hydrogen) atoms. The Hall–Kier alpha value is -2.11. The summed E-state index contributed by atoms with van der Waals surface area (Å²) in [6.07, 6.45) is -2.70. The van der Waals surface area contributed by atoms with Gasteiger partial charge < -0.3 is 9.84 Å². The van der Waals surface area contributed by atoms with Crippen molar-refractivity contribution in [3.8, 4) is 0 Å². The number of alkyl halides is 2. The zero-order chi connectivity index (χ0) is 17.6. The highest BCUT2D eigenvalue weighted by atomic mass is 19.3. The van der Waals surface area contributed by atoms with Crippen LogP contribution in [-0.2, 0) is 11.3 Å². The molecule has 0 saturated carbocycles. The smallest absolute Gasteiger partial charge is 0.303 e. The first kappa shape index (κ1) is 18.2. The van der Waals surface area contributed by atoms with E-state index in [-0.39, 0.29) is 18.6 Å². The van der Waals surface area contributed by atoms with Crippen LogP contribution >= 0.6 is 0 Å². The number of rotatable bonds is 8. The first-order valence-electron chi connectivity index (χ1n) is 7.53. The van der Waals surface area contributed by atoms with Crippen LogP contribution in [0.5, 0.6) is 0 Å². The van der Waals surface area contributed by atoms with Crippen LogP contribution in [0.25, 0.3) is 0 Å². The molecule has 0 amide bonds. The summed E-state index contributed by atoms with van der Waals surface area (Å²) in [7, 11) is 0. The molecule has 0 heterocycles. The topological polar surface area (TPSA) is 29.5 Å². The zero-order valence-electron chi connectivity index (χ0n) is 13.0. The van der Waals surface area contributed by atoms with E-state index in [0.29, 0.717) is 0 Å². The van der Waals surface area contributed by atoms with E-state index < -0.39 is 23.9 Å². The van der Waals surface area contributed by atoms with Crippen molar-refractivity contribution in [2.75, 3.05) is 0 Å². The fourth-order valence-corrected chi connectivity index (χ4v) is 2.31. The Bertz CT molecular complexity index is 641. The van der Waals surface area contributed by atoms with Gasteiger partial charge in [-0.1, -0.05) is 48.5 Å². The van der Waals surface area contributed by atoms with E-state index in [1.165, 1.54) is 18.2 Å². The third-order valence-corrected chi connectivity index (χ3v) is 3.62. The lowest BCUT2D eigenvalue weighted by molar-refractivity contribution is -0.199. The molecular formula is C19H19F3O2. The highest BCUT2D eigenvalue weighted by Crippen LogP contribution is 2.39. The van der Waals surface area contributed by atoms with Gasteiger partial charge in [-0.2, -0.15) is 0 Å². The van der Waals surface area contributed by atoms with Gasteiger partial charge in [0.15, 0.2) is 0 Å². The first-order valence-corrected chi connectivity index (χ1v) is 7.53. The summed E-state index contributed by atoms with van der Waals surface area (Å²) in [4.78, 5) is 0. The van der Waals surface area contributed by atoms with Crippen LogP contribution in [0.3, 0.4) is 0 Å². The Kier molecular flexibility index (Phi) is 6.17. The van der Waals surface area contributed by atoms with Gasteiger partial charge in [0.1, 0.15) is 18.0 Å². The molecule has 0 aliphatic rings. The molecule has 0 radical (unpaired) electrons. The summed E-state index contributed by atoms with van der Waals surface area (Å²) in [6.45, 7) is 3.31. The summed E-state index contributed by atoms with van der Waals surface area (Å²) < 4.78 is 47.8. The minimum atomic E-state index is -3.55. The predicted molar refractivity (Wildman–Crippen MR) is 86.1 cm³/mol. The molecule has 0 unspecified atom stereocenters. The van der Waals surface area contributed by atoms with Crippen LogP contribution in [0.2, 0.25) is 0 Å². The second kappa shape index (κ2) is 8.13. The van der Waals surface area contributed by atoms with E-state index in [9.17, 15) is 18.3 Å². The largest absolute Gasteiger partial charge is 0.386 e. The molecule has 0 aromatic heterocycles.